The molecule has 25 heavy (non-hydrogen) atoms. The van der Waals surface area contributed by atoms with Gasteiger partial charge >= 0.3 is 0 Å². The van der Waals surface area contributed by atoms with Gasteiger partial charge < -0.3 is 15.0 Å². The monoisotopic (exact) mass is 358 g/mol. The average molecular weight is 359 g/mol. The molecule has 2 aromatic carbocycles. The number of carbonyl (C=O) groups excluding carboxylic acids is 1. The predicted molar refractivity (Wildman–Crippen MR) is 103 cm³/mol. The van der Waals surface area contributed by atoms with Crippen molar-refractivity contribution in [3.63, 3.8) is 0 Å². The maximum atomic E-state index is 12.7. The summed E-state index contributed by atoms with van der Waals surface area (Å²) in [5.41, 5.74) is 2.23. The number of anilines is 2. The van der Waals surface area contributed by atoms with E-state index in [0.717, 1.165) is 37.3 Å². The highest BCUT2D eigenvalue weighted by molar-refractivity contribution is 6.34. The van der Waals surface area contributed by atoms with Gasteiger partial charge in [-0.25, -0.2) is 0 Å². The molecule has 2 aromatic rings. The van der Waals surface area contributed by atoms with Gasteiger partial charge in [0.1, 0.15) is 5.75 Å². The molecule has 0 bridgehead atoms. The Morgan fingerprint density at radius 2 is 1.92 bits per heavy atom. The zero-order valence-corrected chi connectivity index (χ0v) is 15.2. The Morgan fingerprint density at radius 3 is 2.68 bits per heavy atom. The number of nitrogens with zero attached hydrogens (tertiary/aromatic N) is 1. The van der Waals surface area contributed by atoms with Crippen molar-refractivity contribution < 1.29 is 9.53 Å². The Labute approximate surface area is 153 Å². The first-order chi connectivity index (χ1) is 12.2. The lowest BCUT2D eigenvalue weighted by Crippen LogP contribution is -2.30. The van der Waals surface area contributed by atoms with Crippen LogP contribution in [-0.2, 0) is 0 Å². The molecule has 1 heterocycles. The van der Waals surface area contributed by atoms with Crippen LogP contribution >= 0.6 is 11.6 Å². The fraction of sp³-hybridized carbons (Fsp3) is 0.350. The lowest BCUT2D eigenvalue weighted by atomic mass is 10.1. The summed E-state index contributed by atoms with van der Waals surface area (Å²) in [6, 6.07) is 12.8. The summed E-state index contributed by atoms with van der Waals surface area (Å²) in [6.07, 6.45) is 3.54. The largest absolute Gasteiger partial charge is 0.494 e. The van der Waals surface area contributed by atoms with Gasteiger partial charge in [0.05, 0.1) is 23.0 Å². The predicted octanol–water partition coefficient (Wildman–Crippen LogP) is 4.98. The van der Waals surface area contributed by atoms with Crippen LogP contribution in [-0.4, -0.2) is 25.6 Å². The lowest BCUT2D eigenvalue weighted by Gasteiger charge is -2.31. The fourth-order valence-electron chi connectivity index (χ4n) is 3.14. The van der Waals surface area contributed by atoms with Gasteiger partial charge in [-0.05, 0) is 56.5 Å². The maximum Gasteiger partial charge on any atom is 0.255 e. The smallest absolute Gasteiger partial charge is 0.255 e. The standard InChI is InChI=1S/C20H23ClN2O2/c1-2-25-16-9-6-8-15(14-16)20(24)22-18-11-7-10-17(21)19(18)23-12-4-3-5-13-23/h6-11,14H,2-5,12-13H2,1H3,(H,22,24). The van der Waals surface area contributed by atoms with E-state index in [9.17, 15) is 4.79 Å². The van der Waals surface area contributed by atoms with Gasteiger partial charge in [-0.15, -0.1) is 0 Å². The summed E-state index contributed by atoms with van der Waals surface area (Å²) in [5, 5.41) is 3.68. The van der Waals surface area contributed by atoms with Crippen molar-refractivity contribution in [1.29, 1.82) is 0 Å². The number of piperidine rings is 1. The molecule has 1 saturated heterocycles. The molecule has 0 radical (unpaired) electrons. The third-order valence-corrected chi connectivity index (χ3v) is 4.62. The average Bonchev–Trinajstić information content (AvgIpc) is 2.63. The van der Waals surface area contributed by atoms with Crippen molar-refractivity contribution in [3.8, 4) is 5.75 Å². The van der Waals surface area contributed by atoms with E-state index < -0.39 is 0 Å². The normalized spacial score (nSPS) is 14.2. The van der Waals surface area contributed by atoms with Gasteiger partial charge in [0.25, 0.3) is 5.91 Å². The number of carbonyl (C=O) groups is 1. The summed E-state index contributed by atoms with van der Waals surface area (Å²) in [7, 11) is 0. The Bertz CT molecular complexity index is 742. The highest BCUT2D eigenvalue weighted by Gasteiger charge is 2.19. The van der Waals surface area contributed by atoms with Crippen LogP contribution in [0.15, 0.2) is 42.5 Å². The fourth-order valence-corrected chi connectivity index (χ4v) is 3.44. The quantitative estimate of drug-likeness (QED) is 0.819. The van der Waals surface area contributed by atoms with Gasteiger partial charge in [0, 0.05) is 18.7 Å². The van der Waals surface area contributed by atoms with Crippen molar-refractivity contribution in [2.75, 3.05) is 29.9 Å². The van der Waals surface area contributed by atoms with Crippen LogP contribution in [0, 0.1) is 0 Å². The van der Waals surface area contributed by atoms with Gasteiger partial charge in [-0.3, -0.25) is 4.79 Å². The van der Waals surface area contributed by atoms with Crippen LogP contribution in [0.5, 0.6) is 5.75 Å². The van der Waals surface area contributed by atoms with Crippen molar-refractivity contribution >= 4 is 28.9 Å². The molecule has 0 atom stereocenters. The van der Waals surface area contributed by atoms with Crippen molar-refractivity contribution in [2.45, 2.75) is 26.2 Å². The first kappa shape index (κ1) is 17.6. The first-order valence-corrected chi connectivity index (χ1v) is 9.14. The van der Waals surface area contributed by atoms with Crippen molar-refractivity contribution in [3.05, 3.63) is 53.1 Å². The molecule has 1 amide bonds. The summed E-state index contributed by atoms with van der Waals surface area (Å²) < 4.78 is 5.48. The zero-order chi connectivity index (χ0) is 17.6. The molecule has 0 saturated carbocycles. The molecule has 132 valence electrons. The minimum atomic E-state index is -0.165. The summed E-state index contributed by atoms with van der Waals surface area (Å²) >= 11 is 6.45. The van der Waals surface area contributed by atoms with Crippen LogP contribution < -0.4 is 15.0 Å². The van der Waals surface area contributed by atoms with Crippen molar-refractivity contribution in [2.24, 2.45) is 0 Å². The Balaban J connectivity index is 1.83. The number of rotatable bonds is 5. The third-order valence-electron chi connectivity index (χ3n) is 4.31. The van der Waals surface area contributed by atoms with Crippen LogP contribution in [0.4, 0.5) is 11.4 Å². The van der Waals surface area contributed by atoms with E-state index in [1.54, 1.807) is 12.1 Å². The molecule has 1 aliphatic heterocycles. The minimum absolute atomic E-state index is 0.165. The van der Waals surface area contributed by atoms with Gasteiger partial charge in [-0.1, -0.05) is 23.7 Å². The lowest BCUT2D eigenvalue weighted by molar-refractivity contribution is 0.102. The molecular formula is C20H23ClN2O2. The molecule has 3 rings (SSSR count). The van der Waals surface area contributed by atoms with E-state index in [2.05, 4.69) is 10.2 Å². The number of benzene rings is 2. The van der Waals surface area contributed by atoms with Crippen LogP contribution in [0.25, 0.3) is 0 Å². The van der Waals surface area contributed by atoms with Gasteiger partial charge in [0.2, 0.25) is 0 Å². The highest BCUT2D eigenvalue weighted by atomic mass is 35.5. The van der Waals surface area contributed by atoms with Crippen molar-refractivity contribution in [1.82, 2.24) is 0 Å². The molecule has 1 aliphatic rings. The second-order valence-electron chi connectivity index (χ2n) is 6.10. The van der Waals surface area contributed by atoms with Crippen LogP contribution in [0.3, 0.4) is 0 Å². The molecule has 0 unspecified atom stereocenters. The molecule has 0 spiro atoms. The number of ether oxygens (including phenoxy) is 1. The molecule has 5 heteroatoms. The summed E-state index contributed by atoms with van der Waals surface area (Å²) in [4.78, 5) is 15.0. The second kappa shape index (κ2) is 8.26. The molecule has 4 nitrogen and oxygen atoms in total. The summed E-state index contributed by atoms with van der Waals surface area (Å²) in [5.74, 6) is 0.527. The molecule has 1 fully saturated rings. The topological polar surface area (TPSA) is 41.6 Å². The number of hydrogen-bond acceptors (Lipinski definition) is 3. The van der Waals surface area contributed by atoms with Crippen LogP contribution in [0.2, 0.25) is 5.02 Å². The van der Waals surface area contributed by atoms with E-state index in [4.69, 9.17) is 16.3 Å². The zero-order valence-electron chi connectivity index (χ0n) is 14.4. The van der Waals surface area contributed by atoms with E-state index >= 15 is 0 Å². The number of halogens is 1. The Kier molecular flexibility index (Phi) is 5.82. The van der Waals surface area contributed by atoms with Gasteiger partial charge in [0.15, 0.2) is 0 Å². The number of para-hydroxylation sites is 1. The third kappa shape index (κ3) is 4.26. The van der Waals surface area contributed by atoms with Gasteiger partial charge in [-0.2, -0.15) is 0 Å². The highest BCUT2D eigenvalue weighted by Crippen LogP contribution is 2.35. The molecular weight excluding hydrogens is 336 g/mol. The first-order valence-electron chi connectivity index (χ1n) is 8.76. The van der Waals surface area contributed by atoms with E-state index in [1.165, 1.54) is 6.42 Å². The molecule has 0 aromatic heterocycles. The molecule has 0 aliphatic carbocycles. The number of amides is 1. The Morgan fingerprint density at radius 1 is 1.16 bits per heavy atom. The number of hydrogen-bond donors (Lipinski definition) is 1. The SMILES string of the molecule is CCOc1cccc(C(=O)Nc2cccc(Cl)c2N2CCCCC2)c1. The van der Waals surface area contributed by atoms with E-state index in [0.29, 0.717) is 22.9 Å². The van der Waals surface area contributed by atoms with E-state index in [1.807, 2.05) is 37.3 Å². The number of nitrogens with one attached hydrogen (secondary N) is 1. The second-order valence-corrected chi connectivity index (χ2v) is 6.51. The van der Waals surface area contributed by atoms with Crippen LogP contribution in [0.1, 0.15) is 36.5 Å². The van der Waals surface area contributed by atoms with E-state index in [-0.39, 0.29) is 5.91 Å². The minimum Gasteiger partial charge on any atom is -0.494 e. The maximum absolute atomic E-state index is 12.7. The molecule has 1 N–H and O–H groups in total. The summed E-state index contributed by atoms with van der Waals surface area (Å²) in [6.45, 7) is 4.42. The Hall–Kier alpha value is -2.20.